The molecule has 0 spiro atoms. The number of rotatable bonds is 2. The van der Waals surface area contributed by atoms with Gasteiger partial charge >= 0.3 is 0 Å². The van der Waals surface area contributed by atoms with Crippen molar-refractivity contribution in [3.8, 4) is 0 Å². The van der Waals surface area contributed by atoms with Crippen molar-refractivity contribution in [2.75, 3.05) is 0 Å². The monoisotopic (exact) mass is 171 g/mol. The molecular formula is C5H9N5S. The Morgan fingerprint density at radius 3 is 3.09 bits per heavy atom. The fourth-order valence-corrected chi connectivity index (χ4v) is 0.703. The molecule has 1 rings (SSSR count). The van der Waals surface area contributed by atoms with Crippen molar-refractivity contribution >= 4 is 17.3 Å². The topological polar surface area (TPSA) is 68.8 Å². The van der Waals surface area contributed by atoms with Gasteiger partial charge in [0.05, 0.1) is 6.54 Å². The van der Waals surface area contributed by atoms with Crippen LogP contribution in [0, 0.1) is 0 Å². The number of hydrogen-bond donors (Lipinski definition) is 2. The largest absolute Gasteiger partial charge is 0.376 e. The summed E-state index contributed by atoms with van der Waals surface area (Å²) in [5.74, 6) is 0.681. The van der Waals surface area contributed by atoms with E-state index >= 15 is 0 Å². The maximum atomic E-state index is 5.21. The number of aryl methyl sites for hydroxylation is 1. The highest BCUT2D eigenvalue weighted by Gasteiger charge is 1.96. The minimum atomic E-state index is 0.262. The van der Waals surface area contributed by atoms with Crippen LogP contribution in [-0.2, 0) is 13.6 Å². The summed E-state index contributed by atoms with van der Waals surface area (Å²) in [5.41, 5.74) is 5.21. The molecular weight excluding hydrogens is 162 g/mol. The van der Waals surface area contributed by atoms with E-state index in [4.69, 9.17) is 5.73 Å². The third kappa shape index (κ3) is 2.50. The van der Waals surface area contributed by atoms with E-state index in [0.29, 0.717) is 12.4 Å². The van der Waals surface area contributed by atoms with Gasteiger partial charge in [-0.05, 0) is 12.2 Å². The quantitative estimate of drug-likeness (QED) is 0.567. The van der Waals surface area contributed by atoms with Crippen LogP contribution in [0.2, 0.25) is 0 Å². The van der Waals surface area contributed by atoms with Crippen molar-refractivity contribution in [3.05, 3.63) is 12.2 Å². The summed E-state index contributed by atoms with van der Waals surface area (Å²) >= 11 is 4.61. The lowest BCUT2D eigenvalue weighted by molar-refractivity contribution is 0.730. The van der Waals surface area contributed by atoms with Gasteiger partial charge in [0, 0.05) is 7.05 Å². The fraction of sp³-hybridized carbons (Fsp3) is 0.400. The summed E-state index contributed by atoms with van der Waals surface area (Å²) in [5, 5.41) is 7.02. The Morgan fingerprint density at radius 2 is 2.64 bits per heavy atom. The Kier molecular flexibility index (Phi) is 2.37. The number of aromatic nitrogens is 3. The average Bonchev–Trinajstić information content (AvgIpc) is 2.31. The van der Waals surface area contributed by atoms with Crippen LogP contribution in [0.25, 0.3) is 0 Å². The normalized spacial score (nSPS) is 9.55. The molecule has 60 valence electrons. The van der Waals surface area contributed by atoms with E-state index in [1.807, 2.05) is 0 Å². The molecule has 0 aliphatic heterocycles. The lowest BCUT2D eigenvalue weighted by Gasteiger charge is -1.97. The molecule has 0 atom stereocenters. The Morgan fingerprint density at radius 1 is 1.91 bits per heavy atom. The summed E-state index contributed by atoms with van der Waals surface area (Å²) in [6.45, 7) is 0.482. The van der Waals surface area contributed by atoms with E-state index in [0.717, 1.165) is 0 Å². The second-order valence-corrected chi connectivity index (χ2v) is 2.49. The van der Waals surface area contributed by atoms with Crippen molar-refractivity contribution in [1.29, 1.82) is 0 Å². The van der Waals surface area contributed by atoms with E-state index in [9.17, 15) is 0 Å². The lowest BCUT2D eigenvalue weighted by atomic mass is 10.6. The molecule has 1 aromatic rings. The molecule has 3 N–H and O–H groups in total. The van der Waals surface area contributed by atoms with Crippen molar-refractivity contribution < 1.29 is 0 Å². The van der Waals surface area contributed by atoms with E-state index in [-0.39, 0.29) is 5.11 Å². The van der Waals surface area contributed by atoms with Gasteiger partial charge in [0.2, 0.25) is 0 Å². The fourth-order valence-electron chi connectivity index (χ4n) is 0.631. The van der Waals surface area contributed by atoms with Crippen molar-refractivity contribution in [2.45, 2.75) is 6.54 Å². The summed E-state index contributed by atoms with van der Waals surface area (Å²) < 4.78 is 1.62. The zero-order valence-electron chi connectivity index (χ0n) is 6.11. The molecule has 0 bridgehead atoms. The van der Waals surface area contributed by atoms with Gasteiger partial charge in [0.15, 0.2) is 10.9 Å². The lowest BCUT2D eigenvalue weighted by Crippen LogP contribution is -2.28. The summed E-state index contributed by atoms with van der Waals surface area (Å²) in [6.07, 6.45) is 1.62. The summed E-state index contributed by atoms with van der Waals surface area (Å²) in [4.78, 5) is 3.96. The second-order valence-electron chi connectivity index (χ2n) is 2.05. The summed E-state index contributed by atoms with van der Waals surface area (Å²) in [7, 11) is 1.80. The van der Waals surface area contributed by atoms with Crippen molar-refractivity contribution in [2.24, 2.45) is 12.8 Å². The second kappa shape index (κ2) is 3.29. The van der Waals surface area contributed by atoms with Gasteiger partial charge in [-0.25, -0.2) is 4.98 Å². The first-order valence-corrected chi connectivity index (χ1v) is 3.47. The third-order valence-electron chi connectivity index (χ3n) is 1.07. The average molecular weight is 171 g/mol. The number of nitrogens with one attached hydrogen (secondary N) is 1. The molecule has 1 heterocycles. The molecule has 0 aromatic carbocycles. The zero-order valence-corrected chi connectivity index (χ0v) is 6.93. The van der Waals surface area contributed by atoms with Crippen LogP contribution in [0.4, 0.5) is 0 Å². The van der Waals surface area contributed by atoms with Crippen LogP contribution >= 0.6 is 12.2 Å². The maximum Gasteiger partial charge on any atom is 0.169 e. The summed E-state index contributed by atoms with van der Waals surface area (Å²) in [6, 6.07) is 0. The highest BCUT2D eigenvalue weighted by molar-refractivity contribution is 7.80. The van der Waals surface area contributed by atoms with Gasteiger partial charge in [-0.3, -0.25) is 4.68 Å². The van der Waals surface area contributed by atoms with Crippen LogP contribution in [0.3, 0.4) is 0 Å². The molecule has 0 fully saturated rings. The van der Waals surface area contributed by atoms with Crippen LogP contribution < -0.4 is 11.1 Å². The van der Waals surface area contributed by atoms with Crippen LogP contribution in [0.15, 0.2) is 6.33 Å². The highest BCUT2D eigenvalue weighted by Crippen LogP contribution is 1.85. The minimum Gasteiger partial charge on any atom is -0.376 e. The van der Waals surface area contributed by atoms with Gasteiger partial charge in [-0.2, -0.15) is 5.10 Å². The molecule has 6 heteroatoms. The molecule has 0 amide bonds. The van der Waals surface area contributed by atoms with Crippen molar-refractivity contribution in [3.63, 3.8) is 0 Å². The first-order valence-electron chi connectivity index (χ1n) is 3.06. The molecule has 0 saturated heterocycles. The predicted molar refractivity (Wildman–Crippen MR) is 44.6 cm³/mol. The zero-order chi connectivity index (χ0) is 8.27. The molecule has 0 saturated carbocycles. The maximum absolute atomic E-state index is 5.21. The first kappa shape index (κ1) is 7.93. The molecule has 0 aliphatic carbocycles. The molecule has 0 aliphatic rings. The minimum absolute atomic E-state index is 0.262. The Labute approximate surface area is 69.6 Å². The van der Waals surface area contributed by atoms with E-state index < -0.39 is 0 Å². The molecule has 0 radical (unpaired) electrons. The van der Waals surface area contributed by atoms with Gasteiger partial charge in [-0.1, -0.05) is 0 Å². The molecule has 11 heavy (non-hydrogen) atoms. The van der Waals surface area contributed by atoms with Gasteiger partial charge in [0.1, 0.15) is 6.33 Å². The number of nitrogens with zero attached hydrogens (tertiary/aromatic N) is 3. The number of thiocarbonyl (C=S) groups is 1. The standard InChI is InChI=1S/C5H9N5S/c1-10-3-8-4(9-10)2-7-5(6)11/h3H,2H2,1H3,(H3,6,7,11). The SMILES string of the molecule is Cn1cnc(CNC(N)=S)n1. The van der Waals surface area contributed by atoms with Gasteiger partial charge in [-0.15, -0.1) is 0 Å². The van der Waals surface area contributed by atoms with Crippen molar-refractivity contribution in [1.82, 2.24) is 20.1 Å². The number of nitrogens with two attached hydrogens (primary N) is 1. The smallest absolute Gasteiger partial charge is 0.169 e. The molecule has 5 nitrogen and oxygen atoms in total. The van der Waals surface area contributed by atoms with Crippen LogP contribution in [0.1, 0.15) is 5.82 Å². The Balaban J connectivity index is 2.45. The van der Waals surface area contributed by atoms with Gasteiger partial charge < -0.3 is 11.1 Å². The van der Waals surface area contributed by atoms with Crippen LogP contribution in [-0.4, -0.2) is 19.9 Å². The Hall–Kier alpha value is -1.17. The molecule has 1 aromatic heterocycles. The van der Waals surface area contributed by atoms with E-state index in [1.165, 1.54) is 0 Å². The molecule has 0 unspecified atom stereocenters. The van der Waals surface area contributed by atoms with E-state index in [2.05, 4.69) is 27.6 Å². The van der Waals surface area contributed by atoms with E-state index in [1.54, 1.807) is 18.1 Å². The third-order valence-corrected chi connectivity index (χ3v) is 1.21. The van der Waals surface area contributed by atoms with Crippen LogP contribution in [0.5, 0.6) is 0 Å². The van der Waals surface area contributed by atoms with Gasteiger partial charge in [0.25, 0.3) is 0 Å². The highest BCUT2D eigenvalue weighted by atomic mass is 32.1. The first-order chi connectivity index (χ1) is 5.18. The Bertz CT molecular complexity index is 255. The predicted octanol–water partition coefficient (Wildman–Crippen LogP) is -0.852. The number of hydrogen-bond acceptors (Lipinski definition) is 3.